The summed E-state index contributed by atoms with van der Waals surface area (Å²) in [6, 6.07) is 2.94. The highest BCUT2D eigenvalue weighted by Crippen LogP contribution is 2.20. The molecule has 0 saturated heterocycles. The number of aryl methyl sites for hydroxylation is 1. The molecule has 0 aromatic heterocycles. The second kappa shape index (κ2) is 3.98. The second-order valence-corrected chi connectivity index (χ2v) is 3.57. The van der Waals surface area contributed by atoms with Crippen LogP contribution in [0.15, 0.2) is 16.6 Å². The van der Waals surface area contributed by atoms with Gasteiger partial charge in [-0.2, -0.15) is 0 Å². The van der Waals surface area contributed by atoms with E-state index in [0.29, 0.717) is 15.6 Å². The third-order valence-corrected chi connectivity index (χ3v) is 2.29. The topological polar surface area (TPSA) is 43.1 Å². The number of rotatable bonds is 2. The minimum Gasteiger partial charge on any atom is -0.324 e. The fourth-order valence-electron chi connectivity index (χ4n) is 1.01. The predicted molar refractivity (Wildman–Crippen MR) is 52.2 cm³/mol. The minimum absolute atomic E-state index is 0.0580. The molecule has 1 rings (SSSR count). The normalized spacial score (nSPS) is 10.2. The van der Waals surface area contributed by atoms with Crippen LogP contribution in [0.5, 0.6) is 0 Å². The lowest BCUT2D eigenvalue weighted by molar-refractivity contribution is 0.100. The van der Waals surface area contributed by atoms with E-state index in [1.807, 2.05) is 0 Å². The van der Waals surface area contributed by atoms with Gasteiger partial charge < -0.3 is 5.73 Å². The third-order valence-electron chi connectivity index (χ3n) is 1.72. The van der Waals surface area contributed by atoms with Crippen molar-refractivity contribution in [2.75, 3.05) is 6.54 Å². The van der Waals surface area contributed by atoms with Gasteiger partial charge in [-0.3, -0.25) is 4.79 Å². The molecule has 0 unspecified atom stereocenters. The molecule has 0 aliphatic rings. The van der Waals surface area contributed by atoms with Gasteiger partial charge in [0.05, 0.1) is 11.0 Å². The van der Waals surface area contributed by atoms with Crippen LogP contribution in [0.2, 0.25) is 0 Å². The van der Waals surface area contributed by atoms with Crippen molar-refractivity contribution in [3.8, 4) is 0 Å². The Bertz CT molecular complexity index is 328. The molecule has 2 N–H and O–H groups in total. The smallest absolute Gasteiger partial charge is 0.176 e. The Hall–Kier alpha value is -0.740. The van der Waals surface area contributed by atoms with E-state index in [9.17, 15) is 9.18 Å². The highest BCUT2D eigenvalue weighted by atomic mass is 79.9. The van der Waals surface area contributed by atoms with Gasteiger partial charge in [-0.05, 0) is 40.5 Å². The first-order valence-corrected chi connectivity index (χ1v) is 4.54. The van der Waals surface area contributed by atoms with E-state index in [4.69, 9.17) is 5.73 Å². The van der Waals surface area contributed by atoms with Gasteiger partial charge in [-0.15, -0.1) is 0 Å². The van der Waals surface area contributed by atoms with Crippen molar-refractivity contribution in [3.63, 3.8) is 0 Å². The zero-order valence-electron chi connectivity index (χ0n) is 7.10. The molecule has 0 spiro atoms. The van der Waals surface area contributed by atoms with Crippen molar-refractivity contribution in [3.05, 3.63) is 33.5 Å². The van der Waals surface area contributed by atoms with Crippen molar-refractivity contribution in [2.24, 2.45) is 5.73 Å². The van der Waals surface area contributed by atoms with Crippen LogP contribution in [0.1, 0.15) is 15.9 Å². The molecule has 0 bridgehead atoms. The number of hydrogen-bond donors (Lipinski definition) is 1. The van der Waals surface area contributed by atoms with Crippen LogP contribution in [0.3, 0.4) is 0 Å². The lowest BCUT2D eigenvalue weighted by Gasteiger charge is -2.03. The number of Topliss-reactive ketones (excluding diaryl/α,β-unsaturated/α-hetero) is 1. The molecule has 0 aliphatic heterocycles. The molecular weight excluding hydrogens is 237 g/mol. The number of benzene rings is 1. The first kappa shape index (κ1) is 10.3. The largest absolute Gasteiger partial charge is 0.324 e. The highest BCUT2D eigenvalue weighted by molar-refractivity contribution is 9.10. The van der Waals surface area contributed by atoms with E-state index < -0.39 is 0 Å². The number of carbonyl (C=O) groups is 1. The van der Waals surface area contributed by atoms with Gasteiger partial charge >= 0.3 is 0 Å². The Labute approximate surface area is 84.1 Å². The zero-order valence-corrected chi connectivity index (χ0v) is 8.69. The fraction of sp³-hybridized carbons (Fsp3) is 0.222. The maximum Gasteiger partial charge on any atom is 0.176 e. The lowest BCUT2D eigenvalue weighted by Crippen LogP contribution is -2.13. The molecule has 13 heavy (non-hydrogen) atoms. The molecule has 0 heterocycles. The van der Waals surface area contributed by atoms with Crippen molar-refractivity contribution in [1.29, 1.82) is 0 Å². The lowest BCUT2D eigenvalue weighted by atomic mass is 10.1. The second-order valence-electron chi connectivity index (χ2n) is 2.72. The van der Waals surface area contributed by atoms with Crippen LogP contribution in [-0.2, 0) is 0 Å². The number of carbonyl (C=O) groups excluding carboxylic acids is 1. The summed E-state index contributed by atoms with van der Waals surface area (Å²) in [5, 5.41) is 0. The number of halogens is 2. The molecule has 0 aliphatic carbocycles. The van der Waals surface area contributed by atoms with Crippen LogP contribution >= 0.6 is 15.9 Å². The molecule has 0 fully saturated rings. The Morgan fingerprint density at radius 1 is 1.62 bits per heavy atom. The van der Waals surface area contributed by atoms with Crippen LogP contribution in [-0.4, -0.2) is 12.3 Å². The van der Waals surface area contributed by atoms with Gasteiger partial charge in [-0.25, -0.2) is 4.39 Å². The average molecular weight is 246 g/mol. The third kappa shape index (κ3) is 2.14. The number of ketones is 1. The number of nitrogens with two attached hydrogens (primary N) is 1. The standard InChI is InChI=1S/C9H9BrFNO/c1-5-2-6(8(13)4-12)3-7(10)9(5)11/h2-3H,4,12H2,1H3. The SMILES string of the molecule is Cc1cc(C(=O)CN)cc(Br)c1F. The quantitative estimate of drug-likeness (QED) is 0.811. The van der Waals surface area contributed by atoms with E-state index in [-0.39, 0.29) is 18.1 Å². The average Bonchev–Trinajstić information content (AvgIpc) is 2.12. The summed E-state index contributed by atoms with van der Waals surface area (Å²) in [5.74, 6) is -0.530. The first-order chi connectivity index (χ1) is 6.06. The van der Waals surface area contributed by atoms with E-state index in [0.717, 1.165) is 0 Å². The Morgan fingerprint density at radius 3 is 2.69 bits per heavy atom. The highest BCUT2D eigenvalue weighted by Gasteiger charge is 2.09. The molecule has 0 atom stereocenters. The maximum atomic E-state index is 13.1. The van der Waals surface area contributed by atoms with Gasteiger partial charge in [0, 0.05) is 5.56 Å². The molecule has 0 saturated carbocycles. The Balaban J connectivity index is 3.20. The first-order valence-electron chi connectivity index (χ1n) is 3.75. The van der Waals surface area contributed by atoms with Crippen molar-refractivity contribution in [1.82, 2.24) is 0 Å². The van der Waals surface area contributed by atoms with Crippen LogP contribution in [0.25, 0.3) is 0 Å². The molecule has 4 heteroatoms. The molecule has 1 aromatic rings. The summed E-state index contributed by atoms with van der Waals surface area (Å²) in [4.78, 5) is 11.2. The van der Waals surface area contributed by atoms with Crippen LogP contribution in [0.4, 0.5) is 4.39 Å². The molecule has 0 radical (unpaired) electrons. The molecule has 2 nitrogen and oxygen atoms in total. The van der Waals surface area contributed by atoms with Gasteiger partial charge in [-0.1, -0.05) is 0 Å². The molecule has 1 aromatic carbocycles. The van der Waals surface area contributed by atoms with Gasteiger partial charge in [0.1, 0.15) is 5.82 Å². The predicted octanol–water partition coefficient (Wildman–Crippen LogP) is 2.04. The number of hydrogen-bond acceptors (Lipinski definition) is 2. The van der Waals surface area contributed by atoms with Crippen molar-refractivity contribution in [2.45, 2.75) is 6.92 Å². The summed E-state index contributed by atoms with van der Waals surface area (Å²) < 4.78 is 13.4. The van der Waals surface area contributed by atoms with Crippen molar-refractivity contribution < 1.29 is 9.18 Å². The summed E-state index contributed by atoms with van der Waals surface area (Å²) >= 11 is 3.03. The maximum absolute atomic E-state index is 13.1. The van der Waals surface area contributed by atoms with E-state index in [2.05, 4.69) is 15.9 Å². The van der Waals surface area contributed by atoms with Gasteiger partial charge in [0.15, 0.2) is 5.78 Å². The Morgan fingerprint density at radius 2 is 2.23 bits per heavy atom. The zero-order chi connectivity index (χ0) is 10.0. The molecular formula is C9H9BrFNO. The van der Waals surface area contributed by atoms with Crippen LogP contribution < -0.4 is 5.73 Å². The minimum atomic E-state index is -0.339. The molecule has 0 amide bonds. The van der Waals surface area contributed by atoms with Crippen LogP contribution in [0, 0.1) is 12.7 Å². The van der Waals surface area contributed by atoms with E-state index in [1.54, 1.807) is 6.92 Å². The summed E-state index contributed by atoms with van der Waals surface area (Å²) in [6.45, 7) is 1.55. The summed E-state index contributed by atoms with van der Waals surface area (Å²) in [6.07, 6.45) is 0. The summed E-state index contributed by atoms with van der Waals surface area (Å²) in [7, 11) is 0. The fourth-order valence-corrected chi connectivity index (χ4v) is 1.56. The Kier molecular flexibility index (Phi) is 3.17. The monoisotopic (exact) mass is 245 g/mol. The molecule has 70 valence electrons. The van der Waals surface area contributed by atoms with Crippen molar-refractivity contribution >= 4 is 21.7 Å². The van der Waals surface area contributed by atoms with E-state index in [1.165, 1.54) is 12.1 Å². The summed E-state index contributed by atoms with van der Waals surface area (Å²) in [5.41, 5.74) is 6.06. The van der Waals surface area contributed by atoms with E-state index >= 15 is 0 Å². The van der Waals surface area contributed by atoms with Gasteiger partial charge in [0.2, 0.25) is 0 Å². The van der Waals surface area contributed by atoms with Gasteiger partial charge in [0.25, 0.3) is 0 Å².